The molecule has 0 fully saturated rings. The normalized spacial score (nSPS) is 11.9. The number of aryl methyl sites for hydroxylation is 1. The molecule has 1 atom stereocenters. The molecule has 2 amide bonds. The molecule has 0 aliphatic heterocycles. The number of hydrogen-bond acceptors (Lipinski definition) is 9. The average molecular weight is 506 g/mol. The minimum Gasteiger partial charge on any atom is -0.772 e. The fourth-order valence-electron chi connectivity index (χ4n) is 2.99. The van der Waals surface area contributed by atoms with Crippen LogP contribution < -0.4 is 16.0 Å². The molecule has 3 heterocycles. The van der Waals surface area contributed by atoms with Gasteiger partial charge in [0.1, 0.15) is 17.4 Å². The van der Waals surface area contributed by atoms with E-state index in [1.54, 1.807) is 41.3 Å². The number of carbonyl (C=O) groups is 1. The molecule has 0 saturated heterocycles. The molecular formula is C19H18ClN8O3S2-. The van der Waals surface area contributed by atoms with Crippen molar-refractivity contribution in [2.45, 2.75) is 13.0 Å². The second-order valence-electron chi connectivity index (χ2n) is 6.73. The first kappa shape index (κ1) is 23.0. The molecule has 3 aromatic heterocycles. The Morgan fingerprint density at radius 2 is 2.09 bits per heavy atom. The highest BCUT2D eigenvalue weighted by Crippen LogP contribution is 2.22. The van der Waals surface area contributed by atoms with Gasteiger partial charge < -0.3 is 15.2 Å². The summed E-state index contributed by atoms with van der Waals surface area (Å²) < 4.78 is 23.4. The van der Waals surface area contributed by atoms with Crippen LogP contribution in [0.15, 0.2) is 43.0 Å². The van der Waals surface area contributed by atoms with E-state index in [1.165, 1.54) is 17.7 Å². The maximum Gasteiger partial charge on any atom is 0.325 e. The van der Waals surface area contributed by atoms with E-state index in [4.69, 9.17) is 11.6 Å². The van der Waals surface area contributed by atoms with Gasteiger partial charge in [0.25, 0.3) is 0 Å². The molecule has 1 unspecified atom stereocenters. The van der Waals surface area contributed by atoms with Crippen molar-refractivity contribution in [3.05, 3.63) is 52.9 Å². The van der Waals surface area contributed by atoms with Crippen LogP contribution in [0.3, 0.4) is 0 Å². The molecule has 3 N–H and O–H groups in total. The maximum absolute atomic E-state index is 12.2. The lowest BCUT2D eigenvalue weighted by atomic mass is 10.3. The quantitative estimate of drug-likeness (QED) is 0.293. The summed E-state index contributed by atoms with van der Waals surface area (Å²) in [5.41, 5.74) is 1.85. The number of halogens is 1. The Labute approximate surface area is 199 Å². The minimum absolute atomic E-state index is 0.0490. The van der Waals surface area contributed by atoms with Crippen molar-refractivity contribution < 1.29 is 13.6 Å². The summed E-state index contributed by atoms with van der Waals surface area (Å²) >= 11 is 5.12. The first-order chi connectivity index (χ1) is 16.0. The van der Waals surface area contributed by atoms with E-state index >= 15 is 0 Å². The van der Waals surface area contributed by atoms with Gasteiger partial charge in [-0.25, -0.2) is 19.7 Å². The zero-order chi connectivity index (χ0) is 23.2. The molecule has 0 saturated carbocycles. The van der Waals surface area contributed by atoms with E-state index in [2.05, 4.69) is 36.0 Å². The molecule has 33 heavy (non-hydrogen) atoms. The third-order valence-electron chi connectivity index (χ3n) is 4.42. The highest BCUT2D eigenvalue weighted by Gasteiger charge is 2.11. The maximum atomic E-state index is 12.2. The van der Waals surface area contributed by atoms with Crippen molar-refractivity contribution in [2.75, 3.05) is 28.2 Å². The van der Waals surface area contributed by atoms with E-state index in [1.807, 2.05) is 0 Å². The van der Waals surface area contributed by atoms with Crippen LogP contribution >= 0.6 is 22.9 Å². The molecule has 4 aromatic rings. The second-order valence-corrected chi connectivity index (χ2v) is 9.30. The van der Waals surface area contributed by atoms with Crippen molar-refractivity contribution in [1.29, 1.82) is 0 Å². The lowest BCUT2D eigenvalue weighted by molar-refractivity contribution is 0.262. The molecule has 0 radical (unpaired) electrons. The molecule has 14 heteroatoms. The van der Waals surface area contributed by atoms with Gasteiger partial charge in [-0.1, -0.05) is 28.7 Å². The molecular weight excluding hydrogens is 488 g/mol. The second kappa shape index (κ2) is 10.7. The summed E-state index contributed by atoms with van der Waals surface area (Å²) in [6.07, 6.45) is 5.34. The van der Waals surface area contributed by atoms with Crippen molar-refractivity contribution in [3.63, 3.8) is 0 Å². The Morgan fingerprint density at radius 1 is 1.21 bits per heavy atom. The van der Waals surface area contributed by atoms with Crippen molar-refractivity contribution in [1.82, 2.24) is 24.7 Å². The standard InChI is InChI=1S/C19H19ClN8O3S2/c20-12-2-1-3-13(8-12)26-18(29)27-19-22-9-14(32-19)4-5-21-17-16-15(23-11-24-17)10-25-28(16)6-7-33(30)31/h1-3,8-11H,4-7H2,(H,30,31)(H,21,23,24)(H2,22,26,27,29)/p-1. The van der Waals surface area contributed by atoms with Gasteiger partial charge in [0.2, 0.25) is 0 Å². The summed E-state index contributed by atoms with van der Waals surface area (Å²) in [6, 6.07) is 6.44. The Balaban J connectivity index is 1.32. The largest absolute Gasteiger partial charge is 0.772 e. The fourth-order valence-corrected chi connectivity index (χ4v) is 4.31. The number of hydrogen-bond donors (Lipinski definition) is 3. The predicted octanol–water partition coefficient (Wildman–Crippen LogP) is 3.11. The van der Waals surface area contributed by atoms with Gasteiger partial charge in [0, 0.05) is 40.5 Å². The van der Waals surface area contributed by atoms with Gasteiger partial charge in [0.15, 0.2) is 10.9 Å². The van der Waals surface area contributed by atoms with Crippen LogP contribution in [0.4, 0.5) is 21.4 Å². The van der Waals surface area contributed by atoms with Gasteiger partial charge in [-0.3, -0.25) is 14.2 Å². The number of rotatable bonds is 9. The van der Waals surface area contributed by atoms with E-state index in [9.17, 15) is 13.6 Å². The highest BCUT2D eigenvalue weighted by molar-refractivity contribution is 7.79. The molecule has 0 aliphatic carbocycles. The van der Waals surface area contributed by atoms with Gasteiger partial charge >= 0.3 is 6.03 Å². The zero-order valence-corrected chi connectivity index (χ0v) is 19.4. The van der Waals surface area contributed by atoms with Gasteiger partial charge in [-0.05, 0) is 18.2 Å². The van der Waals surface area contributed by atoms with E-state index in [-0.39, 0.29) is 12.3 Å². The number of carbonyl (C=O) groups excluding carboxylic acids is 1. The van der Waals surface area contributed by atoms with Gasteiger partial charge in [-0.15, -0.1) is 11.3 Å². The van der Waals surface area contributed by atoms with E-state index < -0.39 is 17.1 Å². The van der Waals surface area contributed by atoms with Crippen LogP contribution in [-0.4, -0.2) is 51.8 Å². The van der Waals surface area contributed by atoms with E-state index in [0.29, 0.717) is 45.7 Å². The molecule has 0 bridgehead atoms. The SMILES string of the molecule is O=C(Nc1cccc(Cl)c1)Nc1ncc(CCNc2ncnc3cnn(CCS(=O)[O-])c23)s1. The Kier molecular flexibility index (Phi) is 7.44. The van der Waals surface area contributed by atoms with Gasteiger partial charge in [-0.2, -0.15) is 5.10 Å². The fraction of sp³-hybridized carbons (Fsp3) is 0.211. The van der Waals surface area contributed by atoms with Crippen LogP contribution in [0, 0.1) is 0 Å². The monoisotopic (exact) mass is 505 g/mol. The summed E-state index contributed by atoms with van der Waals surface area (Å²) in [7, 11) is 0. The summed E-state index contributed by atoms with van der Waals surface area (Å²) in [6.45, 7) is 0.754. The van der Waals surface area contributed by atoms with Crippen molar-refractivity contribution in [3.8, 4) is 0 Å². The van der Waals surface area contributed by atoms with Crippen LogP contribution in [0.1, 0.15) is 4.88 Å². The average Bonchev–Trinajstić information content (AvgIpc) is 3.39. The first-order valence-corrected chi connectivity index (χ1v) is 12.2. The lowest BCUT2D eigenvalue weighted by Crippen LogP contribution is -2.19. The topological polar surface area (TPSA) is 150 Å². The predicted molar refractivity (Wildman–Crippen MR) is 128 cm³/mol. The minimum atomic E-state index is -2.16. The Morgan fingerprint density at radius 3 is 2.91 bits per heavy atom. The molecule has 11 nitrogen and oxygen atoms in total. The van der Waals surface area contributed by atoms with Crippen molar-refractivity contribution >= 4 is 67.7 Å². The summed E-state index contributed by atoms with van der Waals surface area (Å²) in [4.78, 5) is 25.8. The van der Waals surface area contributed by atoms with Gasteiger partial charge in [0.05, 0.1) is 12.7 Å². The number of amides is 2. The van der Waals surface area contributed by atoms with Crippen LogP contribution in [-0.2, 0) is 24.0 Å². The molecule has 4 rings (SSSR count). The van der Waals surface area contributed by atoms with Crippen molar-refractivity contribution in [2.24, 2.45) is 0 Å². The molecule has 1 aromatic carbocycles. The molecule has 0 aliphatic rings. The Hall–Kier alpha value is -3.13. The first-order valence-electron chi connectivity index (χ1n) is 9.72. The number of nitrogens with one attached hydrogen (secondary N) is 3. The number of fused-ring (bicyclic) bond motifs is 1. The molecule has 0 spiro atoms. The summed E-state index contributed by atoms with van der Waals surface area (Å²) in [5, 5.41) is 13.8. The Bertz CT molecular complexity index is 1300. The zero-order valence-electron chi connectivity index (χ0n) is 17.0. The number of nitrogens with zero attached hydrogens (tertiary/aromatic N) is 5. The third kappa shape index (κ3) is 6.22. The van der Waals surface area contributed by atoms with Crippen LogP contribution in [0.2, 0.25) is 5.02 Å². The number of urea groups is 1. The van der Waals surface area contributed by atoms with Crippen LogP contribution in [0.5, 0.6) is 0 Å². The van der Waals surface area contributed by atoms with Crippen LogP contribution in [0.25, 0.3) is 11.0 Å². The number of aromatic nitrogens is 5. The number of anilines is 3. The number of thiazole rings is 1. The molecule has 172 valence electrons. The lowest BCUT2D eigenvalue weighted by Gasteiger charge is -2.10. The number of benzene rings is 1. The highest BCUT2D eigenvalue weighted by atomic mass is 35.5. The smallest absolute Gasteiger partial charge is 0.325 e. The van der Waals surface area contributed by atoms with E-state index in [0.717, 1.165) is 4.88 Å². The summed E-state index contributed by atoms with van der Waals surface area (Å²) in [5.74, 6) is 0.519. The third-order valence-corrected chi connectivity index (χ3v) is 6.14.